The zero-order valence-corrected chi connectivity index (χ0v) is 19.2. The smallest absolute Gasteiger partial charge is 0.159 e. The quantitative estimate of drug-likeness (QED) is 0.311. The van der Waals surface area contributed by atoms with Crippen LogP contribution in [0.1, 0.15) is 11.1 Å². The minimum atomic E-state index is 0.530. The summed E-state index contributed by atoms with van der Waals surface area (Å²) < 4.78 is 10.3. The van der Waals surface area contributed by atoms with Gasteiger partial charge in [0.15, 0.2) is 5.17 Å². The molecule has 0 heterocycles. The minimum Gasteiger partial charge on any atom is -0.497 e. The maximum atomic E-state index is 6.07. The van der Waals surface area contributed by atoms with E-state index in [1.807, 2.05) is 66.2 Å². The minimum absolute atomic E-state index is 0.530. The molecule has 0 saturated heterocycles. The molecule has 0 aliphatic carbocycles. The van der Waals surface area contributed by atoms with E-state index in [-0.39, 0.29) is 0 Å². The molecule has 160 valence electrons. The average Bonchev–Trinajstić information content (AvgIpc) is 2.82. The van der Waals surface area contributed by atoms with Crippen LogP contribution in [0.3, 0.4) is 0 Å². The van der Waals surface area contributed by atoms with Gasteiger partial charge in [0, 0.05) is 11.5 Å². The molecule has 0 aromatic heterocycles. The summed E-state index contributed by atoms with van der Waals surface area (Å²) in [6.07, 6.45) is 0. The summed E-state index contributed by atoms with van der Waals surface area (Å²) in [6, 6.07) is 23.7. The van der Waals surface area contributed by atoms with Crippen molar-refractivity contribution in [2.75, 3.05) is 14.2 Å². The molecule has 0 amide bonds. The molecule has 0 radical (unpaired) electrons. The van der Waals surface area contributed by atoms with E-state index in [1.54, 1.807) is 26.0 Å². The fourth-order valence-corrected chi connectivity index (χ4v) is 3.94. The van der Waals surface area contributed by atoms with Crippen molar-refractivity contribution in [1.29, 1.82) is 0 Å². The van der Waals surface area contributed by atoms with Crippen LogP contribution in [0, 0.1) is 0 Å². The summed E-state index contributed by atoms with van der Waals surface area (Å²) in [5.41, 5.74) is 12.0. The van der Waals surface area contributed by atoms with Gasteiger partial charge in [0.1, 0.15) is 11.5 Å². The predicted molar refractivity (Wildman–Crippen MR) is 134 cm³/mol. The van der Waals surface area contributed by atoms with Crippen LogP contribution >= 0.6 is 23.5 Å². The Morgan fingerprint density at radius 2 is 1.29 bits per heavy atom. The number of nitrogens with zero attached hydrogens (tertiary/aromatic N) is 2. The number of nitrogens with two attached hydrogens (primary N) is 1. The van der Waals surface area contributed by atoms with Gasteiger partial charge in [-0.05, 0) is 59.7 Å². The molecule has 0 saturated carbocycles. The Balaban J connectivity index is 1.46. The number of methoxy groups -OCH3 is 2. The number of ether oxygens (including phenoxy) is 2. The standard InChI is InChI=1S/C24H25N3O2S2/c1-28-22-11-3-18(4-12-22)15-30-17-26-20-7-9-21(10-8-20)27-24(25)31-16-19-5-13-23(29-2)14-6-19/h3-14,17H,15-16H2,1-2H3,(H2,25,27). The van der Waals surface area contributed by atoms with Crippen LogP contribution in [0.2, 0.25) is 0 Å². The first-order valence-corrected chi connectivity index (χ1v) is 11.7. The highest BCUT2D eigenvalue weighted by Gasteiger charge is 2.00. The Kier molecular flexibility index (Phi) is 8.87. The van der Waals surface area contributed by atoms with E-state index in [0.717, 1.165) is 34.4 Å². The fourth-order valence-electron chi connectivity index (χ4n) is 2.61. The van der Waals surface area contributed by atoms with Gasteiger partial charge < -0.3 is 15.2 Å². The molecule has 0 bridgehead atoms. The monoisotopic (exact) mass is 451 g/mol. The van der Waals surface area contributed by atoms with Gasteiger partial charge in [0.2, 0.25) is 0 Å². The summed E-state index contributed by atoms with van der Waals surface area (Å²) in [5, 5.41) is 0.530. The number of benzene rings is 3. The van der Waals surface area contributed by atoms with E-state index in [9.17, 15) is 0 Å². The number of aliphatic imine (C=N–C) groups is 2. The molecule has 0 atom stereocenters. The first kappa shape index (κ1) is 22.8. The van der Waals surface area contributed by atoms with Gasteiger partial charge in [-0.1, -0.05) is 36.0 Å². The molecule has 31 heavy (non-hydrogen) atoms. The van der Waals surface area contributed by atoms with Gasteiger partial charge in [0.25, 0.3) is 0 Å². The van der Waals surface area contributed by atoms with E-state index >= 15 is 0 Å². The van der Waals surface area contributed by atoms with Crippen molar-refractivity contribution in [1.82, 2.24) is 0 Å². The van der Waals surface area contributed by atoms with E-state index < -0.39 is 0 Å². The maximum Gasteiger partial charge on any atom is 0.159 e. The van der Waals surface area contributed by atoms with Crippen molar-refractivity contribution in [3.63, 3.8) is 0 Å². The van der Waals surface area contributed by atoms with Crippen molar-refractivity contribution in [3.8, 4) is 11.5 Å². The van der Waals surface area contributed by atoms with Crippen molar-refractivity contribution < 1.29 is 9.47 Å². The molecule has 7 heteroatoms. The maximum absolute atomic E-state index is 6.07. The second kappa shape index (κ2) is 12.1. The molecular formula is C24H25N3O2S2. The zero-order valence-electron chi connectivity index (χ0n) is 17.5. The third kappa shape index (κ3) is 7.70. The molecule has 3 aromatic rings. The second-order valence-electron chi connectivity index (χ2n) is 6.50. The Hall–Kier alpha value is -2.90. The van der Waals surface area contributed by atoms with E-state index in [2.05, 4.69) is 22.1 Å². The Labute approximate surface area is 191 Å². The van der Waals surface area contributed by atoms with Gasteiger partial charge in [-0.25, -0.2) is 4.99 Å². The van der Waals surface area contributed by atoms with Crippen molar-refractivity contribution in [2.24, 2.45) is 15.7 Å². The molecule has 3 rings (SSSR count). The predicted octanol–water partition coefficient (Wildman–Crippen LogP) is 6.18. The van der Waals surface area contributed by atoms with E-state index in [0.29, 0.717) is 5.17 Å². The van der Waals surface area contributed by atoms with Gasteiger partial charge in [-0.15, -0.1) is 11.8 Å². The Morgan fingerprint density at radius 1 is 0.774 bits per heavy atom. The van der Waals surface area contributed by atoms with E-state index in [4.69, 9.17) is 15.2 Å². The summed E-state index contributed by atoms with van der Waals surface area (Å²) in [7, 11) is 3.33. The third-order valence-electron chi connectivity index (χ3n) is 4.32. The molecule has 2 N–H and O–H groups in total. The lowest BCUT2D eigenvalue weighted by atomic mass is 10.2. The van der Waals surface area contributed by atoms with Gasteiger partial charge in [0.05, 0.1) is 31.1 Å². The normalized spacial score (nSPS) is 11.6. The van der Waals surface area contributed by atoms with Crippen LogP contribution in [-0.4, -0.2) is 24.9 Å². The summed E-state index contributed by atoms with van der Waals surface area (Å²) in [4.78, 5) is 8.95. The van der Waals surface area contributed by atoms with Gasteiger partial charge in [-0.2, -0.15) is 0 Å². The highest BCUT2D eigenvalue weighted by Crippen LogP contribution is 2.22. The van der Waals surface area contributed by atoms with Crippen molar-refractivity contribution >= 4 is 45.6 Å². The van der Waals surface area contributed by atoms with Crippen LogP contribution in [0.5, 0.6) is 11.5 Å². The molecule has 3 aromatic carbocycles. The molecule has 0 unspecified atom stereocenters. The summed E-state index contributed by atoms with van der Waals surface area (Å²) >= 11 is 3.15. The fraction of sp³-hybridized carbons (Fsp3) is 0.167. The Morgan fingerprint density at radius 3 is 1.84 bits per heavy atom. The first-order valence-electron chi connectivity index (χ1n) is 9.63. The van der Waals surface area contributed by atoms with Crippen LogP contribution in [0.15, 0.2) is 82.8 Å². The molecule has 0 aliphatic heterocycles. The summed E-state index contributed by atoms with van der Waals surface area (Å²) in [6.45, 7) is 0. The topological polar surface area (TPSA) is 69.2 Å². The Bertz CT molecular complexity index is 1000. The van der Waals surface area contributed by atoms with Gasteiger partial charge >= 0.3 is 0 Å². The third-order valence-corrected chi connectivity index (χ3v) is 5.94. The second-order valence-corrected chi connectivity index (χ2v) is 8.33. The van der Waals surface area contributed by atoms with E-state index in [1.165, 1.54) is 22.9 Å². The van der Waals surface area contributed by atoms with Crippen molar-refractivity contribution in [2.45, 2.75) is 11.5 Å². The SMILES string of the molecule is COc1ccc(CSC=Nc2ccc(N=C(N)SCc3ccc(OC)cc3)cc2)cc1. The van der Waals surface area contributed by atoms with Crippen LogP contribution in [0.4, 0.5) is 11.4 Å². The number of hydrogen-bond acceptors (Lipinski definition) is 6. The lowest BCUT2D eigenvalue weighted by molar-refractivity contribution is 0.414. The average molecular weight is 452 g/mol. The molecule has 0 spiro atoms. The van der Waals surface area contributed by atoms with Crippen LogP contribution in [-0.2, 0) is 11.5 Å². The largest absolute Gasteiger partial charge is 0.497 e. The lowest BCUT2D eigenvalue weighted by Crippen LogP contribution is -2.06. The van der Waals surface area contributed by atoms with Crippen LogP contribution in [0.25, 0.3) is 0 Å². The van der Waals surface area contributed by atoms with Crippen LogP contribution < -0.4 is 15.2 Å². The lowest BCUT2D eigenvalue weighted by Gasteiger charge is -2.04. The highest BCUT2D eigenvalue weighted by molar-refractivity contribution is 8.13. The van der Waals surface area contributed by atoms with Crippen molar-refractivity contribution in [3.05, 3.63) is 83.9 Å². The summed E-state index contributed by atoms with van der Waals surface area (Å²) in [5.74, 6) is 3.33. The molecule has 0 aliphatic rings. The molecular weight excluding hydrogens is 426 g/mol. The zero-order chi connectivity index (χ0) is 21.9. The van der Waals surface area contributed by atoms with Gasteiger partial charge in [-0.3, -0.25) is 4.99 Å². The number of hydrogen-bond donors (Lipinski definition) is 1. The number of amidine groups is 1. The number of rotatable bonds is 9. The molecule has 0 fully saturated rings. The molecule has 5 nitrogen and oxygen atoms in total. The number of thioether (sulfide) groups is 2. The highest BCUT2D eigenvalue weighted by atomic mass is 32.2. The first-order chi connectivity index (χ1) is 15.2.